The van der Waals surface area contributed by atoms with E-state index in [4.69, 9.17) is 4.42 Å². The summed E-state index contributed by atoms with van der Waals surface area (Å²) in [6.45, 7) is 2.31. The van der Waals surface area contributed by atoms with Gasteiger partial charge in [0.25, 0.3) is 0 Å². The molecular formula is C14H18N2O2. The third-order valence-corrected chi connectivity index (χ3v) is 3.72. The monoisotopic (exact) mass is 246 g/mol. The second kappa shape index (κ2) is 4.98. The smallest absolute Gasteiger partial charge is 0.408 e. The average Bonchev–Trinajstić information content (AvgIpc) is 2.77. The van der Waals surface area contributed by atoms with Gasteiger partial charge in [0.15, 0.2) is 5.58 Å². The summed E-state index contributed by atoms with van der Waals surface area (Å²) < 4.78 is 5.00. The minimum Gasteiger partial charge on any atom is -0.408 e. The molecule has 0 amide bonds. The normalized spacial score (nSPS) is 20.3. The van der Waals surface area contributed by atoms with Crippen molar-refractivity contribution >= 4 is 11.1 Å². The summed E-state index contributed by atoms with van der Waals surface area (Å²) >= 11 is 0. The van der Waals surface area contributed by atoms with Gasteiger partial charge in [0, 0.05) is 0 Å². The molecule has 1 aromatic carbocycles. The third kappa shape index (κ3) is 2.48. The van der Waals surface area contributed by atoms with Gasteiger partial charge in [-0.05, 0) is 62.4 Å². The maximum Gasteiger partial charge on any atom is 0.417 e. The number of aromatic nitrogens is 1. The topological polar surface area (TPSA) is 58.0 Å². The maximum atomic E-state index is 11.1. The molecule has 2 N–H and O–H groups in total. The summed E-state index contributed by atoms with van der Waals surface area (Å²) in [4.78, 5) is 13.8. The van der Waals surface area contributed by atoms with Gasteiger partial charge in [0.2, 0.25) is 0 Å². The van der Waals surface area contributed by atoms with Gasteiger partial charge in [-0.1, -0.05) is 6.07 Å². The van der Waals surface area contributed by atoms with E-state index in [1.165, 1.54) is 31.4 Å². The van der Waals surface area contributed by atoms with E-state index in [1.807, 2.05) is 12.1 Å². The molecule has 4 nitrogen and oxygen atoms in total. The summed E-state index contributed by atoms with van der Waals surface area (Å²) in [5, 5.41) is 3.44. The molecule has 1 aliphatic heterocycles. The number of H-pyrrole nitrogens is 1. The van der Waals surface area contributed by atoms with Crippen molar-refractivity contribution < 1.29 is 4.42 Å². The number of fused-ring (bicyclic) bond motifs is 1. The number of aryl methyl sites for hydroxylation is 1. The summed E-state index contributed by atoms with van der Waals surface area (Å²) in [6.07, 6.45) is 4.90. The van der Waals surface area contributed by atoms with Crippen LogP contribution in [0.1, 0.15) is 24.8 Å². The lowest BCUT2D eigenvalue weighted by Gasteiger charge is -2.22. The Kier molecular flexibility index (Phi) is 3.19. The van der Waals surface area contributed by atoms with Crippen LogP contribution in [0.5, 0.6) is 0 Å². The zero-order chi connectivity index (χ0) is 12.4. The Hall–Kier alpha value is -1.55. The molecule has 2 aromatic rings. The van der Waals surface area contributed by atoms with E-state index in [0.717, 1.165) is 24.4 Å². The second-order valence-corrected chi connectivity index (χ2v) is 5.10. The summed E-state index contributed by atoms with van der Waals surface area (Å²) in [6, 6.07) is 5.95. The number of benzene rings is 1. The molecule has 0 radical (unpaired) electrons. The number of oxazole rings is 1. The van der Waals surface area contributed by atoms with Gasteiger partial charge in [-0.3, -0.25) is 4.98 Å². The lowest BCUT2D eigenvalue weighted by molar-refractivity contribution is 0.358. The first-order chi connectivity index (χ1) is 8.81. The molecule has 96 valence electrons. The molecule has 1 fully saturated rings. The lowest BCUT2D eigenvalue weighted by Crippen LogP contribution is -2.29. The van der Waals surface area contributed by atoms with Crippen LogP contribution < -0.4 is 11.1 Å². The van der Waals surface area contributed by atoms with Gasteiger partial charge in [0.05, 0.1) is 5.52 Å². The highest BCUT2D eigenvalue weighted by Crippen LogP contribution is 2.19. The van der Waals surface area contributed by atoms with Gasteiger partial charge in [-0.15, -0.1) is 0 Å². The fourth-order valence-corrected chi connectivity index (χ4v) is 2.70. The number of rotatable bonds is 3. The highest BCUT2D eigenvalue weighted by Gasteiger charge is 2.12. The quantitative estimate of drug-likeness (QED) is 0.871. The Morgan fingerprint density at radius 1 is 1.39 bits per heavy atom. The Morgan fingerprint density at radius 2 is 2.33 bits per heavy atom. The molecule has 3 rings (SSSR count). The first kappa shape index (κ1) is 11.5. The SMILES string of the molecule is O=c1[nH]c2cc(CCC3CCCNC3)ccc2o1. The number of piperidine rings is 1. The standard InChI is InChI=1S/C14H18N2O2/c17-14-16-12-8-10(5-6-13(12)18-14)3-4-11-2-1-7-15-9-11/h5-6,8,11,15H,1-4,7,9H2,(H,16,17). The molecule has 0 spiro atoms. The van der Waals surface area contributed by atoms with E-state index >= 15 is 0 Å². The Morgan fingerprint density at radius 3 is 3.17 bits per heavy atom. The second-order valence-electron chi connectivity index (χ2n) is 5.10. The van der Waals surface area contributed by atoms with E-state index in [2.05, 4.69) is 16.4 Å². The summed E-state index contributed by atoms with van der Waals surface area (Å²) in [5.41, 5.74) is 2.72. The van der Waals surface area contributed by atoms with Crippen molar-refractivity contribution in [1.29, 1.82) is 0 Å². The van der Waals surface area contributed by atoms with Gasteiger partial charge in [-0.25, -0.2) is 4.79 Å². The Bertz CT molecular complexity index is 579. The maximum absolute atomic E-state index is 11.1. The molecule has 1 aliphatic rings. The van der Waals surface area contributed by atoms with Crippen LogP contribution in [0.15, 0.2) is 27.4 Å². The molecule has 1 saturated heterocycles. The van der Waals surface area contributed by atoms with Crippen LogP contribution in [0.4, 0.5) is 0 Å². The van der Waals surface area contributed by atoms with Gasteiger partial charge in [-0.2, -0.15) is 0 Å². The highest BCUT2D eigenvalue weighted by molar-refractivity contribution is 5.72. The predicted octanol–water partition coefficient (Wildman–Crippen LogP) is 2.05. The third-order valence-electron chi connectivity index (χ3n) is 3.72. The fourth-order valence-electron chi connectivity index (χ4n) is 2.70. The van der Waals surface area contributed by atoms with E-state index < -0.39 is 0 Å². The minimum atomic E-state index is -0.376. The van der Waals surface area contributed by atoms with E-state index in [0.29, 0.717) is 5.58 Å². The van der Waals surface area contributed by atoms with E-state index in [-0.39, 0.29) is 5.76 Å². The van der Waals surface area contributed by atoms with E-state index in [1.54, 1.807) is 0 Å². The zero-order valence-corrected chi connectivity index (χ0v) is 10.4. The number of hydrogen-bond acceptors (Lipinski definition) is 3. The molecule has 1 atom stereocenters. The first-order valence-electron chi connectivity index (χ1n) is 6.64. The van der Waals surface area contributed by atoms with Gasteiger partial charge < -0.3 is 9.73 Å². The largest absolute Gasteiger partial charge is 0.417 e. The Balaban J connectivity index is 1.68. The fraction of sp³-hybridized carbons (Fsp3) is 0.500. The highest BCUT2D eigenvalue weighted by atomic mass is 16.4. The Labute approximate surface area is 105 Å². The first-order valence-corrected chi connectivity index (χ1v) is 6.64. The lowest BCUT2D eigenvalue weighted by atomic mass is 9.93. The molecule has 4 heteroatoms. The molecule has 0 saturated carbocycles. The number of aromatic amines is 1. The van der Waals surface area contributed by atoms with Crippen molar-refractivity contribution in [2.75, 3.05) is 13.1 Å². The summed E-state index contributed by atoms with van der Waals surface area (Å²) in [5.74, 6) is 0.413. The molecular weight excluding hydrogens is 228 g/mol. The van der Waals surface area contributed by atoms with Crippen molar-refractivity contribution in [2.45, 2.75) is 25.7 Å². The zero-order valence-electron chi connectivity index (χ0n) is 10.4. The van der Waals surface area contributed by atoms with Crippen LogP contribution in [0.3, 0.4) is 0 Å². The van der Waals surface area contributed by atoms with Gasteiger partial charge >= 0.3 is 5.76 Å². The molecule has 0 aliphatic carbocycles. The van der Waals surface area contributed by atoms with Crippen LogP contribution in [0.25, 0.3) is 11.1 Å². The van der Waals surface area contributed by atoms with Crippen LogP contribution in [-0.4, -0.2) is 18.1 Å². The molecule has 0 bridgehead atoms. The van der Waals surface area contributed by atoms with Crippen molar-refractivity contribution in [3.05, 3.63) is 34.3 Å². The van der Waals surface area contributed by atoms with Crippen molar-refractivity contribution in [2.24, 2.45) is 5.92 Å². The minimum absolute atomic E-state index is 0.376. The van der Waals surface area contributed by atoms with Crippen LogP contribution in [0, 0.1) is 5.92 Å². The van der Waals surface area contributed by atoms with Crippen molar-refractivity contribution in [3.8, 4) is 0 Å². The number of hydrogen-bond donors (Lipinski definition) is 2. The van der Waals surface area contributed by atoms with Crippen LogP contribution in [-0.2, 0) is 6.42 Å². The van der Waals surface area contributed by atoms with Gasteiger partial charge in [0.1, 0.15) is 0 Å². The van der Waals surface area contributed by atoms with Crippen LogP contribution in [0.2, 0.25) is 0 Å². The molecule has 1 unspecified atom stereocenters. The predicted molar refractivity (Wildman–Crippen MR) is 70.7 cm³/mol. The van der Waals surface area contributed by atoms with Crippen molar-refractivity contribution in [1.82, 2.24) is 10.3 Å². The molecule has 2 heterocycles. The molecule has 18 heavy (non-hydrogen) atoms. The van der Waals surface area contributed by atoms with Crippen molar-refractivity contribution in [3.63, 3.8) is 0 Å². The number of nitrogens with one attached hydrogen (secondary N) is 2. The molecule has 1 aromatic heterocycles. The summed E-state index contributed by atoms with van der Waals surface area (Å²) in [7, 11) is 0. The van der Waals surface area contributed by atoms with E-state index in [9.17, 15) is 4.79 Å². The average molecular weight is 246 g/mol. The van der Waals surface area contributed by atoms with Crippen LogP contribution >= 0.6 is 0 Å².